The number of carbonyl (C=O) groups is 2. The second-order valence-electron chi connectivity index (χ2n) is 15.1. The monoisotopic (exact) mass is 748 g/mol. The molecule has 0 spiro atoms. The van der Waals surface area contributed by atoms with Gasteiger partial charge in [-0.2, -0.15) is 0 Å². The van der Waals surface area contributed by atoms with Crippen LogP contribution in [-0.2, 0) is 10.8 Å². The number of benzene rings is 5. The molecule has 0 aliphatic rings. The van der Waals surface area contributed by atoms with Crippen LogP contribution in [-0.4, -0.2) is 33.4 Å². The zero-order valence-corrected chi connectivity index (χ0v) is 33.4. The van der Waals surface area contributed by atoms with Crippen LogP contribution < -0.4 is 35.5 Å². The molecule has 0 radical (unpaired) electrons. The first-order chi connectivity index (χ1) is 26.6. The predicted octanol–water partition coefficient (Wildman–Crippen LogP) is 10.4. The molecule has 9 nitrogen and oxygen atoms in total. The molecule has 5 aromatic rings. The lowest BCUT2D eigenvalue weighted by atomic mass is 9.86. The van der Waals surface area contributed by atoms with Gasteiger partial charge in [-0.3, -0.25) is 0 Å². The SMILES string of the molecule is COc1ccc(NC(=O)Nc2ccc(C(C)(C)C)cc2C#Cc2cc(C#Cc3cc(C(C)(C)C)ccc3NC(=O)Nc3ccc(OC)cc3)cc(OC)c2)cc1. The summed E-state index contributed by atoms with van der Waals surface area (Å²) in [6.07, 6.45) is 0. The molecule has 5 rings (SSSR count). The van der Waals surface area contributed by atoms with Gasteiger partial charge in [0.15, 0.2) is 0 Å². The summed E-state index contributed by atoms with van der Waals surface area (Å²) in [7, 11) is 4.78. The van der Waals surface area contributed by atoms with Crippen molar-refractivity contribution in [1.29, 1.82) is 0 Å². The van der Waals surface area contributed by atoms with E-state index in [4.69, 9.17) is 14.2 Å². The van der Waals surface area contributed by atoms with E-state index in [-0.39, 0.29) is 10.8 Å². The molecule has 0 aliphatic carbocycles. The molecule has 0 saturated heterocycles. The lowest BCUT2D eigenvalue weighted by Gasteiger charge is -2.20. The van der Waals surface area contributed by atoms with E-state index >= 15 is 0 Å². The smallest absolute Gasteiger partial charge is 0.323 e. The van der Waals surface area contributed by atoms with E-state index in [0.717, 1.165) is 11.1 Å². The summed E-state index contributed by atoms with van der Waals surface area (Å²) in [5, 5.41) is 11.6. The second kappa shape index (κ2) is 17.5. The highest BCUT2D eigenvalue weighted by Gasteiger charge is 2.18. The lowest BCUT2D eigenvalue weighted by Crippen LogP contribution is -2.20. The van der Waals surface area contributed by atoms with Crippen molar-refractivity contribution in [2.24, 2.45) is 0 Å². The van der Waals surface area contributed by atoms with Crippen molar-refractivity contribution < 1.29 is 23.8 Å². The van der Waals surface area contributed by atoms with Crippen molar-refractivity contribution in [3.8, 4) is 40.9 Å². The molecular formula is C47H48N4O5. The minimum atomic E-state index is -0.400. The number of urea groups is 2. The Morgan fingerprint density at radius 2 is 0.821 bits per heavy atom. The number of nitrogens with one attached hydrogen (secondary N) is 4. The van der Waals surface area contributed by atoms with Crippen LogP contribution in [0, 0.1) is 23.7 Å². The fourth-order valence-electron chi connectivity index (χ4n) is 5.50. The maximum absolute atomic E-state index is 13.1. The van der Waals surface area contributed by atoms with Crippen LogP contribution in [0.3, 0.4) is 0 Å². The van der Waals surface area contributed by atoms with Crippen LogP contribution >= 0.6 is 0 Å². The summed E-state index contributed by atoms with van der Waals surface area (Å²) >= 11 is 0. The number of hydrogen-bond acceptors (Lipinski definition) is 5. The molecule has 0 bridgehead atoms. The van der Waals surface area contributed by atoms with E-state index < -0.39 is 12.1 Å². The van der Waals surface area contributed by atoms with Crippen LogP contribution in [0.1, 0.15) is 74.9 Å². The summed E-state index contributed by atoms with van der Waals surface area (Å²) < 4.78 is 16.1. The van der Waals surface area contributed by atoms with Crippen molar-refractivity contribution in [3.63, 3.8) is 0 Å². The van der Waals surface area contributed by atoms with Gasteiger partial charge in [-0.1, -0.05) is 77.4 Å². The molecule has 9 heteroatoms. The third kappa shape index (κ3) is 11.1. The van der Waals surface area contributed by atoms with Crippen molar-refractivity contribution in [3.05, 3.63) is 137 Å². The third-order valence-corrected chi connectivity index (χ3v) is 8.79. The van der Waals surface area contributed by atoms with Crippen molar-refractivity contribution in [2.75, 3.05) is 42.6 Å². The molecule has 286 valence electrons. The van der Waals surface area contributed by atoms with Gasteiger partial charge in [0.1, 0.15) is 17.2 Å². The zero-order chi connectivity index (χ0) is 40.5. The van der Waals surface area contributed by atoms with E-state index in [1.807, 2.05) is 54.6 Å². The van der Waals surface area contributed by atoms with Crippen LogP contribution in [0.15, 0.2) is 103 Å². The zero-order valence-electron chi connectivity index (χ0n) is 33.4. The predicted molar refractivity (Wildman–Crippen MR) is 227 cm³/mol. The van der Waals surface area contributed by atoms with Crippen LogP contribution in [0.5, 0.6) is 17.2 Å². The summed E-state index contributed by atoms with van der Waals surface area (Å²) in [6.45, 7) is 12.8. The largest absolute Gasteiger partial charge is 0.497 e. The van der Waals surface area contributed by atoms with Gasteiger partial charge in [0.25, 0.3) is 0 Å². The third-order valence-electron chi connectivity index (χ3n) is 8.79. The molecule has 4 amide bonds. The van der Waals surface area contributed by atoms with Gasteiger partial charge >= 0.3 is 12.1 Å². The highest BCUT2D eigenvalue weighted by Crippen LogP contribution is 2.29. The molecule has 0 heterocycles. The maximum Gasteiger partial charge on any atom is 0.323 e. The van der Waals surface area contributed by atoms with Crippen LogP contribution in [0.4, 0.5) is 32.3 Å². The van der Waals surface area contributed by atoms with E-state index in [2.05, 4.69) is 86.5 Å². The van der Waals surface area contributed by atoms with Gasteiger partial charge in [0.05, 0.1) is 32.7 Å². The molecule has 56 heavy (non-hydrogen) atoms. The molecule has 0 atom stereocenters. The molecule has 4 N–H and O–H groups in total. The normalized spacial score (nSPS) is 10.8. The van der Waals surface area contributed by atoms with Crippen LogP contribution in [0.2, 0.25) is 0 Å². The minimum absolute atomic E-state index is 0.145. The Labute approximate surface area is 330 Å². The summed E-state index contributed by atoms with van der Waals surface area (Å²) in [5.41, 5.74) is 6.87. The maximum atomic E-state index is 13.1. The summed E-state index contributed by atoms with van der Waals surface area (Å²) in [6, 6.07) is 30.7. The van der Waals surface area contributed by atoms with Crippen LogP contribution in [0.25, 0.3) is 0 Å². The van der Waals surface area contributed by atoms with Gasteiger partial charge in [-0.25, -0.2) is 9.59 Å². The molecule has 0 saturated carbocycles. The molecule has 0 aliphatic heterocycles. The number of amides is 4. The Morgan fingerprint density at radius 3 is 1.16 bits per heavy atom. The topological polar surface area (TPSA) is 110 Å². The summed E-state index contributed by atoms with van der Waals surface area (Å²) in [5.74, 6) is 15.1. The average molecular weight is 749 g/mol. The number of hydrogen-bond donors (Lipinski definition) is 4. The number of anilines is 4. The van der Waals surface area contributed by atoms with Gasteiger partial charge in [-0.05, 0) is 113 Å². The highest BCUT2D eigenvalue weighted by molar-refractivity contribution is 6.01. The first-order valence-electron chi connectivity index (χ1n) is 18.1. The van der Waals surface area contributed by atoms with Gasteiger partial charge in [0.2, 0.25) is 0 Å². The van der Waals surface area contributed by atoms with E-state index in [9.17, 15) is 9.59 Å². The van der Waals surface area contributed by atoms with E-state index in [0.29, 0.717) is 62.3 Å². The van der Waals surface area contributed by atoms with Gasteiger partial charge in [0, 0.05) is 33.6 Å². The van der Waals surface area contributed by atoms with Crippen molar-refractivity contribution in [2.45, 2.75) is 52.4 Å². The standard InChI is InChI=1S/C47H48N4O5/c1-46(2,3)35-14-24-42(50-44(52)48-37-16-20-39(54-7)21-17-37)33(29-35)12-10-31-26-32(28-41(27-31)56-9)11-13-34-30-36(47(4,5)6)15-25-43(34)51-45(53)49-38-18-22-40(55-8)23-19-38/h14-30H,1-9H3,(H2,48,50,52)(H2,49,51,53). The Balaban J connectivity index is 1.45. The minimum Gasteiger partial charge on any atom is -0.497 e. The average Bonchev–Trinajstić information content (AvgIpc) is 3.16. The fraction of sp³-hybridized carbons (Fsp3) is 0.234. The fourth-order valence-corrected chi connectivity index (χ4v) is 5.50. The molecule has 5 aromatic carbocycles. The first kappa shape index (κ1) is 40.3. The number of ether oxygens (including phenoxy) is 3. The molecule has 0 aromatic heterocycles. The van der Waals surface area contributed by atoms with E-state index in [1.165, 1.54) is 0 Å². The molecular weight excluding hydrogens is 701 g/mol. The summed E-state index contributed by atoms with van der Waals surface area (Å²) in [4.78, 5) is 26.1. The van der Waals surface area contributed by atoms with Crippen molar-refractivity contribution >= 4 is 34.8 Å². The number of carbonyl (C=O) groups excluding carboxylic acids is 2. The second-order valence-corrected chi connectivity index (χ2v) is 15.1. The highest BCUT2D eigenvalue weighted by atomic mass is 16.5. The Morgan fingerprint density at radius 1 is 0.446 bits per heavy atom. The quantitative estimate of drug-likeness (QED) is 0.124. The molecule has 0 fully saturated rings. The van der Waals surface area contributed by atoms with Gasteiger partial charge in [-0.15, -0.1) is 0 Å². The lowest BCUT2D eigenvalue weighted by molar-refractivity contribution is 0.261. The Kier molecular flexibility index (Phi) is 12.6. The van der Waals surface area contributed by atoms with Crippen molar-refractivity contribution in [1.82, 2.24) is 0 Å². The Hall–Kier alpha value is -6.84. The number of methoxy groups -OCH3 is 3. The van der Waals surface area contributed by atoms with Gasteiger partial charge < -0.3 is 35.5 Å². The van der Waals surface area contributed by atoms with E-state index in [1.54, 1.807) is 69.9 Å². The molecule has 0 unspecified atom stereocenters. The Bertz CT molecular complexity index is 2170. The number of rotatable bonds is 7. The first-order valence-corrected chi connectivity index (χ1v) is 18.1.